The number of nitrogen functional groups attached to an aromatic ring is 1. The summed E-state index contributed by atoms with van der Waals surface area (Å²) in [4.78, 5) is 7.23. The average Bonchev–Trinajstić information content (AvgIpc) is 2.94. The van der Waals surface area contributed by atoms with E-state index in [0.29, 0.717) is 12.2 Å². The van der Waals surface area contributed by atoms with Crippen LogP contribution < -0.4 is 5.73 Å². The molecule has 0 aliphatic carbocycles. The highest BCUT2D eigenvalue weighted by atomic mass is 32.1. The molecule has 0 amide bonds. The van der Waals surface area contributed by atoms with Crippen molar-refractivity contribution < 1.29 is 4.74 Å². The van der Waals surface area contributed by atoms with Crippen molar-refractivity contribution in [2.24, 2.45) is 0 Å². The van der Waals surface area contributed by atoms with Crippen molar-refractivity contribution in [3.8, 4) is 11.3 Å². The van der Waals surface area contributed by atoms with Gasteiger partial charge < -0.3 is 10.5 Å². The Bertz CT molecular complexity index is 601. The fourth-order valence-electron chi connectivity index (χ4n) is 2.93. The number of thiazole rings is 1. The number of aromatic nitrogens is 1. The fraction of sp³-hybridized carbons (Fsp3) is 0.471. The van der Waals surface area contributed by atoms with E-state index in [9.17, 15) is 0 Å². The van der Waals surface area contributed by atoms with Crippen LogP contribution in [0.2, 0.25) is 0 Å². The second-order valence-electron chi connectivity index (χ2n) is 6.02. The Morgan fingerprint density at radius 1 is 1.23 bits per heavy atom. The molecule has 4 nitrogen and oxygen atoms in total. The van der Waals surface area contributed by atoms with Gasteiger partial charge in [0.05, 0.1) is 22.9 Å². The predicted molar refractivity (Wildman–Crippen MR) is 92.1 cm³/mol. The van der Waals surface area contributed by atoms with Gasteiger partial charge >= 0.3 is 0 Å². The zero-order valence-electron chi connectivity index (χ0n) is 13.2. The fourth-order valence-corrected chi connectivity index (χ4v) is 3.73. The lowest BCUT2D eigenvalue weighted by Gasteiger charge is -2.35. The average molecular weight is 317 g/mol. The van der Waals surface area contributed by atoms with Gasteiger partial charge in [-0.15, -0.1) is 11.3 Å². The van der Waals surface area contributed by atoms with Crippen molar-refractivity contribution >= 4 is 17.0 Å². The number of rotatable bonds is 4. The van der Waals surface area contributed by atoms with Gasteiger partial charge in [-0.05, 0) is 26.0 Å². The van der Waals surface area contributed by atoms with E-state index in [0.717, 1.165) is 43.0 Å². The van der Waals surface area contributed by atoms with E-state index >= 15 is 0 Å². The van der Waals surface area contributed by atoms with Crippen molar-refractivity contribution in [3.63, 3.8) is 0 Å². The van der Waals surface area contributed by atoms with E-state index < -0.39 is 0 Å². The first-order valence-electron chi connectivity index (χ1n) is 7.78. The zero-order chi connectivity index (χ0) is 15.5. The van der Waals surface area contributed by atoms with Crippen LogP contribution in [0.4, 0.5) is 5.69 Å². The molecule has 5 heteroatoms. The minimum absolute atomic E-state index is 0.324. The number of anilines is 1. The monoisotopic (exact) mass is 317 g/mol. The molecule has 1 aromatic carbocycles. The Morgan fingerprint density at radius 2 is 1.91 bits per heavy atom. The summed E-state index contributed by atoms with van der Waals surface area (Å²) in [5.74, 6) is 0. The molecule has 0 bridgehead atoms. The number of morpholine rings is 1. The van der Waals surface area contributed by atoms with Crippen molar-refractivity contribution in [3.05, 3.63) is 34.7 Å². The predicted octanol–water partition coefficient (Wildman–Crippen LogP) is 3.04. The van der Waals surface area contributed by atoms with Crippen LogP contribution in [0, 0.1) is 0 Å². The summed E-state index contributed by atoms with van der Waals surface area (Å²) < 4.78 is 5.78. The third kappa shape index (κ3) is 3.85. The third-order valence-corrected chi connectivity index (χ3v) is 4.80. The summed E-state index contributed by atoms with van der Waals surface area (Å²) in [5.41, 5.74) is 8.69. The molecular weight excluding hydrogens is 294 g/mol. The molecule has 2 heterocycles. The Morgan fingerprint density at radius 3 is 2.59 bits per heavy atom. The van der Waals surface area contributed by atoms with Gasteiger partial charge in [-0.3, -0.25) is 4.90 Å². The van der Waals surface area contributed by atoms with Crippen LogP contribution in [0.3, 0.4) is 0 Å². The Hall–Kier alpha value is -1.43. The van der Waals surface area contributed by atoms with Gasteiger partial charge in [-0.2, -0.15) is 0 Å². The molecule has 1 saturated heterocycles. The topological polar surface area (TPSA) is 51.4 Å². The maximum Gasteiger partial charge on any atom is 0.0945 e. The number of hydrogen-bond acceptors (Lipinski definition) is 5. The van der Waals surface area contributed by atoms with Crippen LogP contribution in [-0.2, 0) is 11.2 Å². The number of benzene rings is 1. The molecule has 22 heavy (non-hydrogen) atoms. The molecule has 1 aliphatic rings. The lowest BCUT2D eigenvalue weighted by Crippen LogP contribution is -2.46. The molecule has 0 saturated carbocycles. The summed E-state index contributed by atoms with van der Waals surface area (Å²) in [5, 5.41) is 3.32. The van der Waals surface area contributed by atoms with Crippen molar-refractivity contribution in [1.29, 1.82) is 0 Å². The molecular formula is C17H23N3OS. The van der Waals surface area contributed by atoms with Crippen LogP contribution in [0.5, 0.6) is 0 Å². The standard InChI is InChI=1S/C17H23N3OS/c1-12-9-20(10-13(2)21-12)8-7-17-19-16(11-22-17)14-3-5-15(18)6-4-14/h3-6,11-13H,7-10,18H2,1-2H3. The number of nitrogens with two attached hydrogens (primary N) is 1. The van der Waals surface area contributed by atoms with Crippen LogP contribution in [0.15, 0.2) is 29.6 Å². The van der Waals surface area contributed by atoms with E-state index in [1.807, 2.05) is 24.3 Å². The second-order valence-corrected chi connectivity index (χ2v) is 6.96. The van der Waals surface area contributed by atoms with Crippen molar-refractivity contribution in [2.45, 2.75) is 32.5 Å². The molecule has 0 radical (unpaired) electrons. The summed E-state index contributed by atoms with van der Waals surface area (Å²) in [7, 11) is 0. The first-order chi connectivity index (χ1) is 10.6. The van der Waals surface area contributed by atoms with Crippen LogP contribution in [-0.4, -0.2) is 41.7 Å². The summed E-state index contributed by atoms with van der Waals surface area (Å²) in [6, 6.07) is 7.90. The molecule has 1 aromatic heterocycles. The number of hydrogen-bond donors (Lipinski definition) is 1. The molecule has 1 fully saturated rings. The number of nitrogens with zero attached hydrogens (tertiary/aromatic N) is 2. The molecule has 2 atom stereocenters. The van der Waals surface area contributed by atoms with Crippen LogP contribution >= 0.6 is 11.3 Å². The van der Waals surface area contributed by atoms with Gasteiger partial charge in [0.25, 0.3) is 0 Å². The van der Waals surface area contributed by atoms with E-state index in [-0.39, 0.29) is 0 Å². The molecule has 118 valence electrons. The molecule has 2 aromatic rings. The summed E-state index contributed by atoms with van der Waals surface area (Å²) in [6.07, 6.45) is 1.65. The van der Waals surface area contributed by atoms with Crippen molar-refractivity contribution in [2.75, 3.05) is 25.4 Å². The van der Waals surface area contributed by atoms with Crippen molar-refractivity contribution in [1.82, 2.24) is 9.88 Å². The Labute approximate surface area is 135 Å². The molecule has 2 unspecified atom stereocenters. The summed E-state index contributed by atoms with van der Waals surface area (Å²) >= 11 is 1.74. The quantitative estimate of drug-likeness (QED) is 0.881. The van der Waals surface area contributed by atoms with Gasteiger partial charge in [0.2, 0.25) is 0 Å². The van der Waals surface area contributed by atoms with Crippen LogP contribution in [0.1, 0.15) is 18.9 Å². The highest BCUT2D eigenvalue weighted by Crippen LogP contribution is 2.23. The number of ether oxygens (including phenoxy) is 1. The normalized spacial score (nSPS) is 22.8. The maximum atomic E-state index is 5.78. The van der Waals surface area contributed by atoms with E-state index in [2.05, 4.69) is 24.1 Å². The minimum atomic E-state index is 0.324. The smallest absolute Gasteiger partial charge is 0.0945 e. The van der Waals surface area contributed by atoms with Gasteiger partial charge in [-0.25, -0.2) is 4.98 Å². The lowest BCUT2D eigenvalue weighted by atomic mass is 10.1. The molecule has 1 aliphatic heterocycles. The first kappa shape index (κ1) is 15.5. The lowest BCUT2D eigenvalue weighted by molar-refractivity contribution is -0.0675. The Balaban J connectivity index is 1.59. The van der Waals surface area contributed by atoms with E-state index in [4.69, 9.17) is 15.5 Å². The van der Waals surface area contributed by atoms with Crippen LogP contribution in [0.25, 0.3) is 11.3 Å². The Kier molecular flexibility index (Phi) is 4.76. The van der Waals surface area contributed by atoms with Gasteiger partial charge in [0.15, 0.2) is 0 Å². The minimum Gasteiger partial charge on any atom is -0.399 e. The van der Waals surface area contributed by atoms with Gasteiger partial charge in [0.1, 0.15) is 0 Å². The van der Waals surface area contributed by atoms with Gasteiger partial charge in [-0.1, -0.05) is 12.1 Å². The third-order valence-electron chi connectivity index (χ3n) is 3.90. The second kappa shape index (κ2) is 6.77. The maximum absolute atomic E-state index is 5.78. The molecule has 3 rings (SSSR count). The first-order valence-corrected chi connectivity index (χ1v) is 8.66. The largest absolute Gasteiger partial charge is 0.399 e. The highest BCUT2D eigenvalue weighted by Gasteiger charge is 2.21. The van der Waals surface area contributed by atoms with Gasteiger partial charge in [0, 0.05) is 42.7 Å². The molecule has 0 spiro atoms. The van der Waals surface area contributed by atoms with E-state index in [1.54, 1.807) is 11.3 Å². The SMILES string of the molecule is CC1CN(CCc2nc(-c3ccc(N)cc3)cs2)CC(C)O1. The summed E-state index contributed by atoms with van der Waals surface area (Å²) in [6.45, 7) is 7.37. The zero-order valence-corrected chi connectivity index (χ0v) is 14.0. The highest BCUT2D eigenvalue weighted by molar-refractivity contribution is 7.09. The van der Waals surface area contributed by atoms with E-state index in [1.165, 1.54) is 5.01 Å². The molecule has 2 N–H and O–H groups in total.